The summed E-state index contributed by atoms with van der Waals surface area (Å²) >= 11 is 0. The van der Waals surface area contributed by atoms with Gasteiger partial charge in [0.1, 0.15) is 11.5 Å². The summed E-state index contributed by atoms with van der Waals surface area (Å²) in [6.45, 7) is 0. The Kier molecular flexibility index (Phi) is 6.21. The standard InChI is InChI=1S/C13H3F11O5/c14-10(15,13(22,23)24)8(26)29-6-2-1-4(28-9(27)12(19,20)21)3-5(6)7(25)11(16,17)18/h1-3H. The first-order valence-electron chi connectivity index (χ1n) is 6.50. The van der Waals surface area contributed by atoms with Crippen molar-refractivity contribution < 1.29 is 72.2 Å². The van der Waals surface area contributed by atoms with Crippen LogP contribution in [0.1, 0.15) is 10.4 Å². The lowest BCUT2D eigenvalue weighted by atomic mass is 10.1. The SMILES string of the molecule is O=C(Oc1ccc(OC(=O)C(F)(F)C(F)(F)F)c(C(=O)C(F)(F)F)c1)C(F)(F)F. The summed E-state index contributed by atoms with van der Waals surface area (Å²) < 4.78 is 143. The molecule has 0 aliphatic carbocycles. The Bertz CT molecular complexity index is 820. The zero-order valence-corrected chi connectivity index (χ0v) is 12.9. The van der Waals surface area contributed by atoms with Crippen molar-refractivity contribution in [3.63, 3.8) is 0 Å². The summed E-state index contributed by atoms with van der Waals surface area (Å²) in [4.78, 5) is 32.9. The van der Waals surface area contributed by atoms with E-state index in [0.717, 1.165) is 0 Å². The highest BCUT2D eigenvalue weighted by atomic mass is 19.4. The van der Waals surface area contributed by atoms with Crippen molar-refractivity contribution in [3.8, 4) is 11.5 Å². The van der Waals surface area contributed by atoms with Gasteiger partial charge in [-0.2, -0.15) is 48.3 Å². The second-order valence-corrected chi connectivity index (χ2v) is 4.83. The summed E-state index contributed by atoms with van der Waals surface area (Å²) in [5.41, 5.74) is -1.98. The Hall–Kier alpha value is -2.94. The lowest BCUT2D eigenvalue weighted by Gasteiger charge is -2.19. The summed E-state index contributed by atoms with van der Waals surface area (Å²) in [7, 11) is 0. The van der Waals surface area contributed by atoms with Crippen LogP contribution in [0.25, 0.3) is 0 Å². The summed E-state index contributed by atoms with van der Waals surface area (Å²) in [5.74, 6) is -18.8. The number of rotatable bonds is 4. The molecule has 0 radical (unpaired) electrons. The molecule has 0 spiro atoms. The third kappa shape index (κ3) is 5.54. The Balaban J connectivity index is 3.39. The molecule has 0 heterocycles. The van der Waals surface area contributed by atoms with Gasteiger partial charge in [0.25, 0.3) is 5.78 Å². The van der Waals surface area contributed by atoms with Crippen molar-refractivity contribution in [3.05, 3.63) is 23.8 Å². The molecule has 162 valence electrons. The molecule has 0 aromatic heterocycles. The van der Waals surface area contributed by atoms with Crippen LogP contribution < -0.4 is 9.47 Å². The first kappa shape index (κ1) is 24.1. The molecule has 1 rings (SSSR count). The molecule has 0 aliphatic rings. The molecule has 0 amide bonds. The van der Waals surface area contributed by atoms with E-state index in [1.165, 1.54) is 0 Å². The topological polar surface area (TPSA) is 69.7 Å². The molecule has 29 heavy (non-hydrogen) atoms. The van der Waals surface area contributed by atoms with Crippen LogP contribution in [-0.4, -0.2) is 42.2 Å². The molecule has 1 aromatic rings. The Labute approximate surface area is 151 Å². The van der Waals surface area contributed by atoms with Crippen LogP contribution in [0.15, 0.2) is 18.2 Å². The van der Waals surface area contributed by atoms with Crippen LogP contribution in [0.5, 0.6) is 11.5 Å². The number of benzene rings is 1. The second-order valence-electron chi connectivity index (χ2n) is 4.83. The van der Waals surface area contributed by atoms with Gasteiger partial charge in [-0.1, -0.05) is 0 Å². The van der Waals surface area contributed by atoms with Crippen molar-refractivity contribution in [1.82, 2.24) is 0 Å². The number of esters is 2. The minimum atomic E-state index is -6.51. The third-order valence-corrected chi connectivity index (χ3v) is 2.71. The van der Waals surface area contributed by atoms with Gasteiger partial charge >= 0.3 is 36.4 Å². The van der Waals surface area contributed by atoms with E-state index in [1.807, 2.05) is 0 Å². The number of halogens is 11. The van der Waals surface area contributed by atoms with E-state index < -0.39 is 59.2 Å². The van der Waals surface area contributed by atoms with Gasteiger partial charge in [-0.15, -0.1) is 0 Å². The van der Waals surface area contributed by atoms with Crippen LogP contribution in [0, 0.1) is 0 Å². The van der Waals surface area contributed by atoms with Crippen LogP contribution in [0.3, 0.4) is 0 Å². The fraction of sp³-hybridized carbons (Fsp3) is 0.308. The average Bonchev–Trinajstić information content (AvgIpc) is 2.52. The van der Waals surface area contributed by atoms with Crippen LogP contribution in [0.2, 0.25) is 0 Å². The molecule has 0 saturated carbocycles. The molecule has 0 unspecified atom stereocenters. The molecule has 1 aromatic carbocycles. The number of alkyl halides is 11. The summed E-state index contributed by atoms with van der Waals surface area (Å²) in [5, 5.41) is 0. The molecule has 0 saturated heterocycles. The number of carbonyl (C=O) groups is 3. The first-order chi connectivity index (χ1) is 12.8. The van der Waals surface area contributed by atoms with Gasteiger partial charge in [-0.3, -0.25) is 4.79 Å². The monoisotopic (exact) mass is 448 g/mol. The lowest BCUT2D eigenvalue weighted by molar-refractivity contribution is -0.276. The van der Waals surface area contributed by atoms with Gasteiger partial charge in [0, 0.05) is 0 Å². The number of hydrogen-bond acceptors (Lipinski definition) is 5. The molecular formula is C13H3F11O5. The highest BCUT2D eigenvalue weighted by Gasteiger charge is 2.65. The Morgan fingerprint density at radius 2 is 1.21 bits per heavy atom. The maximum Gasteiger partial charge on any atom is 0.491 e. The molecule has 0 aliphatic heterocycles. The lowest BCUT2D eigenvalue weighted by Crippen LogP contribution is -2.46. The fourth-order valence-corrected chi connectivity index (χ4v) is 1.44. The largest absolute Gasteiger partial charge is 0.491 e. The van der Waals surface area contributed by atoms with E-state index in [0.29, 0.717) is 0 Å². The Morgan fingerprint density at radius 1 is 0.690 bits per heavy atom. The van der Waals surface area contributed by atoms with Gasteiger partial charge < -0.3 is 9.47 Å². The predicted octanol–water partition coefficient (Wildman–Crippen LogP) is 4.00. The molecule has 16 heteroatoms. The molecule has 0 atom stereocenters. The first-order valence-corrected chi connectivity index (χ1v) is 6.50. The number of hydrogen-bond donors (Lipinski definition) is 0. The zero-order chi connectivity index (χ0) is 23.0. The Morgan fingerprint density at radius 3 is 1.62 bits per heavy atom. The average molecular weight is 448 g/mol. The normalized spacial score (nSPS) is 13.1. The fourth-order valence-electron chi connectivity index (χ4n) is 1.44. The molecular weight excluding hydrogens is 445 g/mol. The summed E-state index contributed by atoms with van der Waals surface area (Å²) in [6.07, 6.45) is -18.0. The van der Waals surface area contributed by atoms with Gasteiger partial charge in [-0.25, -0.2) is 9.59 Å². The number of ketones is 1. The smallest absolute Gasteiger partial charge is 0.421 e. The van der Waals surface area contributed by atoms with E-state index in [1.54, 1.807) is 0 Å². The van der Waals surface area contributed by atoms with Gasteiger partial charge in [0.15, 0.2) is 0 Å². The highest BCUT2D eigenvalue weighted by molar-refractivity contribution is 6.03. The minimum Gasteiger partial charge on any atom is -0.421 e. The minimum absolute atomic E-state index is 0.0533. The maximum atomic E-state index is 12.9. The van der Waals surface area contributed by atoms with E-state index in [9.17, 15) is 62.7 Å². The van der Waals surface area contributed by atoms with Gasteiger partial charge in [0.2, 0.25) is 0 Å². The number of ether oxygens (including phenoxy) is 2. The third-order valence-electron chi connectivity index (χ3n) is 2.71. The van der Waals surface area contributed by atoms with E-state index in [2.05, 4.69) is 9.47 Å². The van der Waals surface area contributed by atoms with Crippen molar-refractivity contribution in [2.75, 3.05) is 0 Å². The van der Waals surface area contributed by atoms with Crippen LogP contribution >= 0.6 is 0 Å². The van der Waals surface area contributed by atoms with Crippen molar-refractivity contribution in [2.24, 2.45) is 0 Å². The maximum absolute atomic E-state index is 12.9. The molecule has 0 N–H and O–H groups in total. The van der Waals surface area contributed by atoms with Crippen LogP contribution in [0.4, 0.5) is 48.3 Å². The van der Waals surface area contributed by atoms with Gasteiger partial charge in [-0.05, 0) is 18.2 Å². The molecule has 5 nitrogen and oxygen atoms in total. The van der Waals surface area contributed by atoms with E-state index in [-0.39, 0.29) is 18.2 Å². The molecule has 0 bridgehead atoms. The number of carbonyl (C=O) groups excluding carboxylic acids is 3. The second kappa shape index (κ2) is 7.47. The molecule has 0 fully saturated rings. The van der Waals surface area contributed by atoms with E-state index in [4.69, 9.17) is 0 Å². The summed E-state index contributed by atoms with van der Waals surface area (Å²) in [6, 6.07) is -0.179. The van der Waals surface area contributed by atoms with Gasteiger partial charge in [0.05, 0.1) is 5.56 Å². The highest BCUT2D eigenvalue weighted by Crippen LogP contribution is 2.38. The van der Waals surface area contributed by atoms with E-state index >= 15 is 0 Å². The predicted molar refractivity (Wildman–Crippen MR) is 65.2 cm³/mol. The van der Waals surface area contributed by atoms with Crippen LogP contribution in [-0.2, 0) is 9.59 Å². The number of Topliss-reactive ketones (excluding diaryl/α,β-unsaturated/α-hetero) is 1. The van der Waals surface area contributed by atoms with Crippen molar-refractivity contribution >= 4 is 17.7 Å². The van der Waals surface area contributed by atoms with Crippen molar-refractivity contribution in [1.29, 1.82) is 0 Å². The quantitative estimate of drug-likeness (QED) is 0.302. The van der Waals surface area contributed by atoms with Crippen molar-refractivity contribution in [2.45, 2.75) is 24.5 Å². The zero-order valence-electron chi connectivity index (χ0n) is 12.9.